The summed E-state index contributed by atoms with van der Waals surface area (Å²) in [6, 6.07) is 10.8. The Morgan fingerprint density at radius 1 is 1.11 bits per heavy atom. The van der Waals surface area contributed by atoms with Gasteiger partial charge in [-0.25, -0.2) is 13.8 Å². The highest BCUT2D eigenvalue weighted by molar-refractivity contribution is 5.91. The molecule has 0 unspecified atom stereocenters. The van der Waals surface area contributed by atoms with Crippen molar-refractivity contribution in [2.24, 2.45) is 0 Å². The van der Waals surface area contributed by atoms with Crippen molar-refractivity contribution in [1.29, 1.82) is 0 Å². The first kappa shape index (κ1) is 17.3. The van der Waals surface area contributed by atoms with Crippen LogP contribution in [-0.4, -0.2) is 21.1 Å². The second-order valence-corrected chi connectivity index (χ2v) is 6.64. The lowest BCUT2D eigenvalue weighted by Gasteiger charge is -2.07. The van der Waals surface area contributed by atoms with Crippen LogP contribution in [0.15, 0.2) is 42.5 Å². The average Bonchev–Trinajstić information content (AvgIpc) is 3.39. The van der Waals surface area contributed by atoms with Gasteiger partial charge in [0.05, 0.1) is 0 Å². The number of benzene rings is 2. The zero-order chi connectivity index (χ0) is 18.8. The quantitative estimate of drug-likeness (QED) is 0.685. The smallest absolute Gasteiger partial charge is 0.224 e. The summed E-state index contributed by atoms with van der Waals surface area (Å²) in [5.74, 6) is 0.476. The van der Waals surface area contributed by atoms with Crippen LogP contribution in [0.3, 0.4) is 0 Å². The van der Waals surface area contributed by atoms with E-state index >= 15 is 0 Å². The van der Waals surface area contributed by atoms with E-state index in [4.69, 9.17) is 0 Å². The Bertz CT molecular complexity index is 944. The highest BCUT2D eigenvalue weighted by atomic mass is 19.1. The minimum absolute atomic E-state index is 0.00353. The third kappa shape index (κ3) is 4.02. The number of nitrogens with zero attached hydrogens (tertiary/aromatic N) is 2. The van der Waals surface area contributed by atoms with Crippen molar-refractivity contribution >= 4 is 11.6 Å². The molecule has 0 bridgehead atoms. The van der Waals surface area contributed by atoms with Crippen LogP contribution in [-0.2, 0) is 11.2 Å². The number of hydrogen-bond donors (Lipinski definition) is 2. The number of anilines is 1. The van der Waals surface area contributed by atoms with Gasteiger partial charge in [0.1, 0.15) is 17.5 Å². The fraction of sp³-hybridized carbons (Fsp3) is 0.250. The fourth-order valence-corrected chi connectivity index (χ4v) is 2.88. The maximum atomic E-state index is 13.6. The van der Waals surface area contributed by atoms with Gasteiger partial charge >= 0.3 is 0 Å². The lowest BCUT2D eigenvalue weighted by Crippen LogP contribution is -2.13. The van der Waals surface area contributed by atoms with Crippen molar-refractivity contribution < 1.29 is 13.6 Å². The minimum atomic E-state index is -0.635. The molecule has 2 N–H and O–H groups in total. The predicted molar refractivity (Wildman–Crippen MR) is 97.1 cm³/mol. The van der Waals surface area contributed by atoms with Crippen molar-refractivity contribution in [2.75, 3.05) is 5.32 Å². The molecule has 1 aliphatic rings. The lowest BCUT2D eigenvalue weighted by molar-refractivity contribution is -0.116. The second kappa shape index (κ2) is 7.26. The summed E-state index contributed by atoms with van der Waals surface area (Å²) in [6.45, 7) is 0. The zero-order valence-corrected chi connectivity index (χ0v) is 14.5. The molecule has 1 aromatic heterocycles. The molecule has 2 aromatic carbocycles. The Morgan fingerprint density at radius 2 is 1.81 bits per heavy atom. The number of nitrogens with one attached hydrogen (secondary N) is 2. The number of amides is 1. The molecule has 7 heteroatoms. The van der Waals surface area contributed by atoms with Crippen LogP contribution in [0, 0.1) is 11.6 Å². The topological polar surface area (TPSA) is 70.7 Å². The molecule has 0 aliphatic heterocycles. The molecule has 4 rings (SSSR count). The van der Waals surface area contributed by atoms with Crippen molar-refractivity contribution in [3.05, 3.63) is 65.5 Å². The summed E-state index contributed by atoms with van der Waals surface area (Å²) in [7, 11) is 0. The zero-order valence-electron chi connectivity index (χ0n) is 14.5. The van der Waals surface area contributed by atoms with E-state index in [2.05, 4.69) is 20.5 Å². The van der Waals surface area contributed by atoms with E-state index in [0.717, 1.165) is 24.2 Å². The van der Waals surface area contributed by atoms with Crippen molar-refractivity contribution in [1.82, 2.24) is 15.2 Å². The predicted octanol–water partition coefficient (Wildman–Crippen LogP) is 4.20. The van der Waals surface area contributed by atoms with Crippen LogP contribution in [0.2, 0.25) is 0 Å². The monoisotopic (exact) mass is 368 g/mol. The van der Waals surface area contributed by atoms with Crippen LogP contribution < -0.4 is 5.32 Å². The summed E-state index contributed by atoms with van der Waals surface area (Å²) >= 11 is 0. The molecule has 1 heterocycles. The summed E-state index contributed by atoms with van der Waals surface area (Å²) < 4.78 is 27.2. The molecule has 138 valence electrons. The summed E-state index contributed by atoms with van der Waals surface area (Å²) in [6.07, 6.45) is 2.29. The normalized spacial score (nSPS) is 13.6. The van der Waals surface area contributed by atoms with E-state index in [0.29, 0.717) is 17.4 Å². The Morgan fingerprint density at radius 3 is 2.48 bits per heavy atom. The summed E-state index contributed by atoms with van der Waals surface area (Å²) in [4.78, 5) is 16.6. The van der Waals surface area contributed by atoms with Crippen LogP contribution in [0.25, 0.3) is 11.4 Å². The maximum absolute atomic E-state index is 13.6. The first-order valence-corrected chi connectivity index (χ1v) is 8.85. The molecule has 1 aliphatic carbocycles. The van der Waals surface area contributed by atoms with Crippen molar-refractivity contribution in [3.63, 3.8) is 0 Å². The third-order valence-electron chi connectivity index (χ3n) is 4.56. The molecule has 0 spiro atoms. The van der Waals surface area contributed by atoms with Crippen LogP contribution in [0.1, 0.15) is 36.6 Å². The molecule has 1 saturated carbocycles. The minimum Gasteiger partial charge on any atom is -0.326 e. The second-order valence-electron chi connectivity index (χ2n) is 6.64. The number of halogens is 2. The Labute approximate surface area is 154 Å². The first-order valence-electron chi connectivity index (χ1n) is 8.85. The molecule has 27 heavy (non-hydrogen) atoms. The first-order chi connectivity index (χ1) is 13.1. The van der Waals surface area contributed by atoms with E-state index < -0.39 is 11.6 Å². The SMILES string of the molecule is O=C(CCc1c(F)cccc1F)Nc1ccc(-c2n[nH]c(C3CC3)n2)cc1. The van der Waals surface area contributed by atoms with Crippen molar-refractivity contribution in [2.45, 2.75) is 31.6 Å². The van der Waals surface area contributed by atoms with Gasteiger partial charge in [0.15, 0.2) is 5.82 Å². The van der Waals surface area contributed by atoms with Crippen LogP contribution in [0.4, 0.5) is 14.5 Å². The fourth-order valence-electron chi connectivity index (χ4n) is 2.88. The van der Waals surface area contributed by atoms with E-state index in [1.54, 1.807) is 12.1 Å². The third-order valence-corrected chi connectivity index (χ3v) is 4.56. The van der Waals surface area contributed by atoms with Crippen LogP contribution >= 0.6 is 0 Å². The number of H-pyrrole nitrogens is 1. The number of carbonyl (C=O) groups excluding carboxylic acids is 1. The molecule has 1 amide bonds. The van der Waals surface area contributed by atoms with E-state index in [-0.39, 0.29) is 24.3 Å². The van der Waals surface area contributed by atoms with Gasteiger partial charge in [-0.1, -0.05) is 6.07 Å². The lowest BCUT2D eigenvalue weighted by atomic mass is 10.1. The van der Waals surface area contributed by atoms with Gasteiger partial charge < -0.3 is 5.32 Å². The Balaban J connectivity index is 1.35. The molecule has 0 radical (unpaired) electrons. The number of carbonyl (C=O) groups is 1. The van der Waals surface area contributed by atoms with E-state index in [9.17, 15) is 13.6 Å². The number of hydrogen-bond acceptors (Lipinski definition) is 3. The average molecular weight is 368 g/mol. The Hall–Kier alpha value is -3.09. The number of rotatable bonds is 6. The van der Waals surface area contributed by atoms with Gasteiger partial charge in [-0.15, -0.1) is 0 Å². The summed E-state index contributed by atoms with van der Waals surface area (Å²) in [5, 5.41) is 9.92. The number of aromatic amines is 1. The molecule has 0 atom stereocenters. The van der Waals surface area contributed by atoms with Gasteiger partial charge in [-0.2, -0.15) is 5.10 Å². The summed E-state index contributed by atoms with van der Waals surface area (Å²) in [5.41, 5.74) is 1.39. The van der Waals surface area contributed by atoms with Crippen LogP contribution in [0.5, 0.6) is 0 Å². The van der Waals surface area contributed by atoms with Gasteiger partial charge in [-0.05, 0) is 55.7 Å². The molecule has 1 fully saturated rings. The van der Waals surface area contributed by atoms with E-state index in [1.165, 1.54) is 18.2 Å². The van der Waals surface area contributed by atoms with Gasteiger partial charge in [0, 0.05) is 29.2 Å². The van der Waals surface area contributed by atoms with Crippen molar-refractivity contribution in [3.8, 4) is 11.4 Å². The van der Waals surface area contributed by atoms with E-state index in [1.807, 2.05) is 12.1 Å². The maximum Gasteiger partial charge on any atom is 0.224 e. The highest BCUT2D eigenvalue weighted by Crippen LogP contribution is 2.38. The molecule has 5 nitrogen and oxygen atoms in total. The largest absolute Gasteiger partial charge is 0.326 e. The molecule has 0 saturated heterocycles. The van der Waals surface area contributed by atoms with Gasteiger partial charge in [0.2, 0.25) is 5.91 Å². The molecular formula is C20H18F2N4O. The Kier molecular flexibility index (Phi) is 4.66. The molecular weight excluding hydrogens is 350 g/mol. The highest BCUT2D eigenvalue weighted by Gasteiger charge is 2.27. The van der Waals surface area contributed by atoms with Gasteiger partial charge in [0.25, 0.3) is 0 Å². The molecule has 3 aromatic rings. The van der Waals surface area contributed by atoms with Gasteiger partial charge in [-0.3, -0.25) is 9.89 Å². The number of aromatic nitrogens is 3. The standard InChI is InChI=1S/C20H18F2N4O/c21-16-2-1-3-17(22)15(16)10-11-18(27)23-14-8-6-13(7-9-14)20-24-19(25-26-20)12-4-5-12/h1-3,6-9,12H,4-5,10-11H2,(H,23,27)(H,24,25,26).